The Balaban J connectivity index is 1.71. The van der Waals surface area contributed by atoms with Crippen LogP contribution in [0.5, 0.6) is 0 Å². The molecule has 0 unspecified atom stereocenters. The average Bonchev–Trinajstić information content (AvgIpc) is 3.00. The molecule has 10 heteroatoms. The van der Waals surface area contributed by atoms with E-state index in [1.807, 2.05) is 32.4 Å². The number of aryl methyl sites for hydroxylation is 2. The van der Waals surface area contributed by atoms with Crippen LogP contribution < -0.4 is 4.90 Å². The van der Waals surface area contributed by atoms with E-state index in [-0.39, 0.29) is 11.0 Å². The number of fused-ring (bicyclic) bond motifs is 1. The summed E-state index contributed by atoms with van der Waals surface area (Å²) in [5.41, 5.74) is 5.08. The van der Waals surface area contributed by atoms with Gasteiger partial charge in [-0.15, -0.1) is 0 Å². The van der Waals surface area contributed by atoms with Crippen molar-refractivity contribution in [2.75, 3.05) is 11.4 Å². The van der Waals surface area contributed by atoms with E-state index in [1.165, 1.54) is 0 Å². The number of aromatic nitrogens is 5. The van der Waals surface area contributed by atoms with Crippen molar-refractivity contribution in [1.29, 1.82) is 0 Å². The predicted octanol–water partition coefficient (Wildman–Crippen LogP) is 4.12. The first kappa shape index (κ1) is 19.6. The van der Waals surface area contributed by atoms with Crippen LogP contribution in [0.15, 0.2) is 18.5 Å². The number of nitrogens with zero attached hydrogens (tertiary/aromatic N) is 6. The molecule has 4 heterocycles. The number of hydrogen-bond donors (Lipinski definition) is 0. The summed E-state index contributed by atoms with van der Waals surface area (Å²) < 4.78 is 41.2. The first-order chi connectivity index (χ1) is 13.6. The van der Waals surface area contributed by atoms with Gasteiger partial charge >= 0.3 is 6.18 Å². The summed E-state index contributed by atoms with van der Waals surface area (Å²) in [4.78, 5) is 13.5. The zero-order chi connectivity index (χ0) is 20.9. The number of alkyl halides is 3. The molecule has 3 aromatic rings. The predicted molar refractivity (Wildman–Crippen MR) is 103 cm³/mol. The molecule has 0 atom stereocenters. The SMILES string of the molecule is Cc1nn(C)cc1-c1cnc2c(c1)CN(c1nc(C(F)(F)F)nc(Cl)c1C)CC2. The van der Waals surface area contributed by atoms with Crippen LogP contribution in [0.1, 0.15) is 28.3 Å². The van der Waals surface area contributed by atoms with Crippen molar-refractivity contribution in [1.82, 2.24) is 24.7 Å². The van der Waals surface area contributed by atoms with Gasteiger partial charge in [-0.05, 0) is 25.5 Å². The normalized spacial score (nSPS) is 14.2. The molecule has 1 aliphatic heterocycles. The van der Waals surface area contributed by atoms with Crippen molar-refractivity contribution in [2.45, 2.75) is 33.0 Å². The van der Waals surface area contributed by atoms with Crippen LogP contribution >= 0.6 is 11.6 Å². The summed E-state index contributed by atoms with van der Waals surface area (Å²) >= 11 is 5.97. The second-order valence-corrected chi connectivity index (χ2v) is 7.45. The maximum absolute atomic E-state index is 13.1. The molecule has 6 nitrogen and oxygen atoms in total. The van der Waals surface area contributed by atoms with Gasteiger partial charge in [-0.1, -0.05) is 11.6 Å². The zero-order valence-electron chi connectivity index (χ0n) is 16.0. The van der Waals surface area contributed by atoms with Crippen LogP contribution in [0.25, 0.3) is 11.1 Å². The quantitative estimate of drug-likeness (QED) is 0.581. The van der Waals surface area contributed by atoms with Gasteiger partial charge in [-0.2, -0.15) is 18.3 Å². The Morgan fingerprint density at radius 2 is 1.93 bits per heavy atom. The van der Waals surface area contributed by atoms with E-state index >= 15 is 0 Å². The monoisotopic (exact) mass is 422 g/mol. The Labute approximate surface area is 170 Å². The van der Waals surface area contributed by atoms with Gasteiger partial charge in [0.25, 0.3) is 0 Å². The molecule has 29 heavy (non-hydrogen) atoms. The smallest absolute Gasteiger partial charge is 0.351 e. The van der Waals surface area contributed by atoms with Gasteiger partial charge in [0.2, 0.25) is 5.82 Å². The molecule has 1 aliphatic rings. The van der Waals surface area contributed by atoms with Gasteiger partial charge in [-0.25, -0.2) is 9.97 Å². The fourth-order valence-corrected chi connectivity index (χ4v) is 3.71. The molecule has 0 saturated heterocycles. The molecule has 0 saturated carbocycles. The Kier molecular flexibility index (Phi) is 4.72. The van der Waals surface area contributed by atoms with Gasteiger partial charge in [0.05, 0.1) is 5.69 Å². The van der Waals surface area contributed by atoms with E-state index in [9.17, 15) is 13.2 Å². The van der Waals surface area contributed by atoms with Crippen LogP contribution in [0, 0.1) is 13.8 Å². The molecule has 0 radical (unpaired) electrons. The highest BCUT2D eigenvalue weighted by Gasteiger charge is 2.36. The van der Waals surface area contributed by atoms with Crippen LogP contribution in [-0.4, -0.2) is 31.3 Å². The standard InChI is InChI=1S/C19H18ClF3N6/c1-10-16(20)25-18(19(21,22)23)26-17(10)29-5-4-15-13(8-29)6-12(7-24-15)14-9-28(3)27-11(14)2/h6-7,9H,4-5,8H2,1-3H3. The van der Waals surface area contributed by atoms with Gasteiger partial charge in [0.1, 0.15) is 11.0 Å². The van der Waals surface area contributed by atoms with Crippen LogP contribution in [-0.2, 0) is 26.2 Å². The molecular formula is C19H18ClF3N6. The maximum atomic E-state index is 13.1. The zero-order valence-corrected chi connectivity index (χ0v) is 16.8. The van der Waals surface area contributed by atoms with E-state index in [2.05, 4.69) is 20.1 Å². The second kappa shape index (κ2) is 6.98. The van der Waals surface area contributed by atoms with E-state index in [1.54, 1.807) is 16.5 Å². The van der Waals surface area contributed by atoms with Crippen molar-refractivity contribution in [3.05, 3.63) is 52.0 Å². The van der Waals surface area contributed by atoms with Crippen LogP contribution in [0.4, 0.5) is 19.0 Å². The third kappa shape index (κ3) is 3.66. The average molecular weight is 423 g/mol. The minimum atomic E-state index is -4.66. The first-order valence-electron chi connectivity index (χ1n) is 8.98. The first-order valence-corrected chi connectivity index (χ1v) is 9.36. The molecule has 0 spiro atoms. The van der Waals surface area contributed by atoms with Gasteiger partial charge in [-0.3, -0.25) is 9.67 Å². The third-order valence-corrected chi connectivity index (χ3v) is 5.35. The summed E-state index contributed by atoms with van der Waals surface area (Å²) in [5.74, 6) is -1.03. The summed E-state index contributed by atoms with van der Waals surface area (Å²) in [5, 5.41) is 4.17. The lowest BCUT2D eigenvalue weighted by Crippen LogP contribution is -2.33. The molecule has 0 bridgehead atoms. The van der Waals surface area contributed by atoms with E-state index in [0.29, 0.717) is 25.1 Å². The topological polar surface area (TPSA) is 59.7 Å². The Morgan fingerprint density at radius 3 is 2.59 bits per heavy atom. The van der Waals surface area contributed by atoms with Gasteiger partial charge < -0.3 is 4.90 Å². The van der Waals surface area contributed by atoms with Crippen molar-refractivity contribution in [2.24, 2.45) is 7.05 Å². The van der Waals surface area contributed by atoms with Crippen molar-refractivity contribution in [3.8, 4) is 11.1 Å². The Morgan fingerprint density at radius 1 is 1.17 bits per heavy atom. The highest BCUT2D eigenvalue weighted by molar-refractivity contribution is 6.30. The minimum absolute atomic E-state index is 0.189. The molecule has 0 aliphatic carbocycles. The van der Waals surface area contributed by atoms with Crippen molar-refractivity contribution >= 4 is 17.4 Å². The highest BCUT2D eigenvalue weighted by atomic mass is 35.5. The van der Waals surface area contributed by atoms with Crippen molar-refractivity contribution < 1.29 is 13.2 Å². The lowest BCUT2D eigenvalue weighted by molar-refractivity contribution is -0.144. The summed E-state index contributed by atoms with van der Waals surface area (Å²) in [6.45, 7) is 4.44. The molecular weight excluding hydrogens is 405 g/mol. The maximum Gasteiger partial charge on any atom is 0.451 e. The van der Waals surface area contributed by atoms with E-state index in [0.717, 1.165) is 28.1 Å². The Hall–Kier alpha value is -2.68. The lowest BCUT2D eigenvalue weighted by Gasteiger charge is -2.31. The number of rotatable bonds is 2. The molecule has 152 valence electrons. The number of pyridine rings is 1. The van der Waals surface area contributed by atoms with E-state index in [4.69, 9.17) is 11.6 Å². The molecule has 3 aromatic heterocycles. The Bertz CT molecular complexity index is 1090. The molecule has 0 amide bonds. The highest BCUT2D eigenvalue weighted by Crippen LogP contribution is 2.34. The minimum Gasteiger partial charge on any atom is -0.351 e. The number of hydrogen-bond acceptors (Lipinski definition) is 5. The fraction of sp³-hybridized carbons (Fsp3) is 0.368. The fourth-order valence-electron chi connectivity index (χ4n) is 3.55. The number of anilines is 1. The van der Waals surface area contributed by atoms with E-state index < -0.39 is 12.0 Å². The van der Waals surface area contributed by atoms with Crippen molar-refractivity contribution in [3.63, 3.8) is 0 Å². The van der Waals surface area contributed by atoms with Gasteiger partial charge in [0.15, 0.2) is 0 Å². The van der Waals surface area contributed by atoms with Crippen LogP contribution in [0.3, 0.4) is 0 Å². The largest absolute Gasteiger partial charge is 0.451 e. The summed E-state index contributed by atoms with van der Waals surface area (Å²) in [6, 6.07) is 2.02. The molecule has 0 fully saturated rings. The summed E-state index contributed by atoms with van der Waals surface area (Å²) in [6.07, 6.45) is -0.327. The lowest BCUT2D eigenvalue weighted by atomic mass is 10.0. The number of halogens is 4. The molecule has 0 N–H and O–H groups in total. The molecule has 0 aromatic carbocycles. The third-order valence-electron chi connectivity index (χ3n) is 4.98. The molecule has 4 rings (SSSR count). The second-order valence-electron chi connectivity index (χ2n) is 7.09. The van der Waals surface area contributed by atoms with Gasteiger partial charge in [0, 0.05) is 61.3 Å². The summed E-state index contributed by atoms with van der Waals surface area (Å²) in [7, 11) is 1.85. The van der Waals surface area contributed by atoms with Crippen LogP contribution in [0.2, 0.25) is 5.15 Å².